The van der Waals surface area contributed by atoms with E-state index in [9.17, 15) is 14.4 Å². The number of primary amides is 1. The number of nitrogens with two attached hydrogens (primary N) is 1. The zero-order chi connectivity index (χ0) is 27.8. The zero-order valence-electron chi connectivity index (χ0n) is 22.1. The average molecular weight is 535 g/mol. The topological polar surface area (TPSA) is 149 Å². The Balaban J connectivity index is 1.87. The molecule has 0 aliphatic rings. The van der Waals surface area contributed by atoms with Crippen LogP contribution in [0.4, 0.5) is 16.3 Å². The number of aryl methyl sites for hydroxylation is 1. The number of hydrogen-bond acceptors (Lipinski definition) is 8. The lowest BCUT2D eigenvalue weighted by Crippen LogP contribution is -2.47. The van der Waals surface area contributed by atoms with Gasteiger partial charge in [-0.1, -0.05) is 24.6 Å². The van der Waals surface area contributed by atoms with Gasteiger partial charge in [0.05, 0.1) is 12.3 Å². The summed E-state index contributed by atoms with van der Waals surface area (Å²) in [7, 11) is 1.52. The van der Waals surface area contributed by atoms with E-state index in [1.165, 1.54) is 11.9 Å². The van der Waals surface area contributed by atoms with Crippen LogP contribution in [0.25, 0.3) is 0 Å². The zero-order valence-corrected chi connectivity index (χ0v) is 22.8. The van der Waals surface area contributed by atoms with Gasteiger partial charge in [0.25, 0.3) is 5.91 Å². The summed E-state index contributed by atoms with van der Waals surface area (Å²) >= 11 is 6.16. The SMILES string of the molecule is CCc1nc(C(N)=O)c(Nc2cccc(OCCCNC(=O)[C@H](C)N(C)C(=O)OC(C)(C)C)c2)nc1Cl. The lowest BCUT2D eigenvalue weighted by Gasteiger charge is -2.28. The molecule has 0 aliphatic heterocycles. The fraction of sp³-hybridized carbons (Fsp3) is 0.480. The number of amides is 3. The Morgan fingerprint density at radius 2 is 1.92 bits per heavy atom. The Hall–Kier alpha value is -3.60. The molecule has 0 saturated heterocycles. The van der Waals surface area contributed by atoms with Crippen LogP contribution < -0.4 is 21.1 Å². The van der Waals surface area contributed by atoms with Gasteiger partial charge < -0.3 is 25.8 Å². The number of nitrogens with one attached hydrogen (secondary N) is 2. The molecule has 0 bridgehead atoms. The number of likely N-dealkylation sites (N-methyl/N-ethyl adjacent to an activating group) is 1. The molecule has 0 unspecified atom stereocenters. The molecule has 3 amide bonds. The van der Waals surface area contributed by atoms with E-state index < -0.39 is 23.6 Å². The maximum atomic E-state index is 12.4. The lowest BCUT2D eigenvalue weighted by atomic mass is 10.2. The second-order valence-electron chi connectivity index (χ2n) is 9.29. The van der Waals surface area contributed by atoms with Crippen molar-refractivity contribution in [1.82, 2.24) is 20.2 Å². The number of ether oxygens (including phenoxy) is 2. The Labute approximate surface area is 222 Å². The van der Waals surface area contributed by atoms with E-state index in [1.807, 2.05) is 6.92 Å². The molecule has 0 fully saturated rings. The molecular weight excluding hydrogens is 500 g/mol. The van der Waals surface area contributed by atoms with Gasteiger partial charge in [0.1, 0.15) is 17.4 Å². The van der Waals surface area contributed by atoms with Crippen LogP contribution in [0.3, 0.4) is 0 Å². The van der Waals surface area contributed by atoms with Crippen LogP contribution in [0.5, 0.6) is 5.75 Å². The quantitative estimate of drug-likeness (QED) is 0.370. The maximum Gasteiger partial charge on any atom is 0.410 e. The number of carbonyl (C=O) groups excluding carboxylic acids is 3. The predicted octanol–water partition coefficient (Wildman–Crippen LogP) is 3.68. The van der Waals surface area contributed by atoms with Gasteiger partial charge >= 0.3 is 6.09 Å². The molecule has 202 valence electrons. The molecule has 0 saturated carbocycles. The number of aromatic nitrogens is 2. The highest BCUT2D eigenvalue weighted by atomic mass is 35.5. The molecule has 1 atom stereocenters. The minimum Gasteiger partial charge on any atom is -0.493 e. The first-order chi connectivity index (χ1) is 17.3. The maximum absolute atomic E-state index is 12.4. The largest absolute Gasteiger partial charge is 0.493 e. The van der Waals surface area contributed by atoms with Crippen molar-refractivity contribution in [3.63, 3.8) is 0 Å². The normalized spacial score (nSPS) is 11.9. The van der Waals surface area contributed by atoms with Crippen molar-refractivity contribution in [2.24, 2.45) is 5.73 Å². The van der Waals surface area contributed by atoms with Gasteiger partial charge in [0.2, 0.25) is 5.91 Å². The second-order valence-corrected chi connectivity index (χ2v) is 9.65. The first kappa shape index (κ1) is 29.6. The Morgan fingerprint density at radius 1 is 1.22 bits per heavy atom. The Morgan fingerprint density at radius 3 is 2.54 bits per heavy atom. The summed E-state index contributed by atoms with van der Waals surface area (Å²) in [6.07, 6.45) is 0.483. The average Bonchev–Trinajstić information content (AvgIpc) is 2.81. The third kappa shape index (κ3) is 9.09. The van der Waals surface area contributed by atoms with Crippen LogP contribution in [0.1, 0.15) is 57.2 Å². The Kier molecular flexibility index (Phi) is 10.5. The lowest BCUT2D eigenvalue weighted by molar-refractivity contribution is -0.125. The van der Waals surface area contributed by atoms with Crippen molar-refractivity contribution in [1.29, 1.82) is 0 Å². The van der Waals surface area contributed by atoms with E-state index in [0.29, 0.717) is 43.1 Å². The number of hydrogen-bond donors (Lipinski definition) is 3. The molecule has 2 aromatic rings. The van der Waals surface area contributed by atoms with Crippen LogP contribution in [0.15, 0.2) is 24.3 Å². The van der Waals surface area contributed by atoms with Gasteiger partial charge in [-0.05, 0) is 52.7 Å². The van der Waals surface area contributed by atoms with Crippen LogP contribution in [-0.2, 0) is 16.0 Å². The van der Waals surface area contributed by atoms with E-state index >= 15 is 0 Å². The van der Waals surface area contributed by atoms with E-state index in [0.717, 1.165) is 0 Å². The molecule has 2 rings (SSSR count). The predicted molar refractivity (Wildman–Crippen MR) is 141 cm³/mol. The van der Waals surface area contributed by atoms with Gasteiger partial charge in [0.15, 0.2) is 16.7 Å². The summed E-state index contributed by atoms with van der Waals surface area (Å²) in [5.41, 5.74) is 5.89. The number of anilines is 2. The van der Waals surface area contributed by atoms with E-state index in [1.54, 1.807) is 52.0 Å². The molecule has 0 aliphatic carbocycles. The molecule has 0 spiro atoms. The molecule has 4 N–H and O–H groups in total. The summed E-state index contributed by atoms with van der Waals surface area (Å²) in [4.78, 5) is 46.1. The summed E-state index contributed by atoms with van der Waals surface area (Å²) in [6.45, 7) is 9.48. The number of rotatable bonds is 11. The monoisotopic (exact) mass is 534 g/mol. The van der Waals surface area contributed by atoms with Crippen molar-refractivity contribution < 1.29 is 23.9 Å². The molecular formula is C25H35ClN6O5. The van der Waals surface area contributed by atoms with E-state index in [4.69, 9.17) is 26.8 Å². The third-order valence-corrected chi connectivity index (χ3v) is 5.42. The summed E-state index contributed by atoms with van der Waals surface area (Å²) in [5.74, 6) is -0.291. The second kappa shape index (κ2) is 13.1. The van der Waals surface area contributed by atoms with Crippen LogP contribution in [-0.4, -0.2) is 64.6 Å². The Bertz CT molecular complexity index is 1120. The number of halogens is 1. The number of benzene rings is 1. The van der Waals surface area contributed by atoms with Gasteiger partial charge in [-0.15, -0.1) is 0 Å². The van der Waals surface area contributed by atoms with Crippen molar-refractivity contribution in [2.45, 2.75) is 59.1 Å². The van der Waals surface area contributed by atoms with E-state index in [-0.39, 0.29) is 22.6 Å². The standard InChI is InChI=1S/C25H35ClN6O5/c1-7-18-20(26)31-22(19(30-18)21(27)33)29-16-10-8-11-17(14-16)36-13-9-12-28-23(34)15(2)32(6)24(35)37-25(3,4)5/h8,10-11,14-15H,7,9,12-13H2,1-6H3,(H2,27,33)(H,28,34)(H,29,31)/t15-/m0/s1. The summed E-state index contributed by atoms with van der Waals surface area (Å²) in [6, 6.07) is 6.35. The highest BCUT2D eigenvalue weighted by molar-refractivity contribution is 6.30. The fourth-order valence-corrected chi connectivity index (χ4v) is 3.28. The van der Waals surface area contributed by atoms with Crippen LogP contribution in [0.2, 0.25) is 5.15 Å². The van der Waals surface area contributed by atoms with Gasteiger partial charge in [-0.3, -0.25) is 14.5 Å². The smallest absolute Gasteiger partial charge is 0.410 e. The minimum atomic E-state index is -0.720. The minimum absolute atomic E-state index is 0.00476. The summed E-state index contributed by atoms with van der Waals surface area (Å²) in [5, 5.41) is 5.99. The molecule has 37 heavy (non-hydrogen) atoms. The third-order valence-electron chi connectivity index (χ3n) is 5.12. The fourth-order valence-electron chi connectivity index (χ4n) is 3.02. The first-order valence-corrected chi connectivity index (χ1v) is 12.3. The molecule has 0 radical (unpaired) electrons. The molecule has 1 aromatic carbocycles. The first-order valence-electron chi connectivity index (χ1n) is 11.9. The van der Waals surface area contributed by atoms with Gasteiger partial charge in [-0.25, -0.2) is 14.8 Å². The molecule has 1 heterocycles. The van der Waals surface area contributed by atoms with Gasteiger partial charge in [0, 0.05) is 25.3 Å². The number of nitrogens with zero attached hydrogens (tertiary/aromatic N) is 3. The van der Waals surface area contributed by atoms with Crippen LogP contribution in [0, 0.1) is 0 Å². The van der Waals surface area contributed by atoms with Crippen molar-refractivity contribution in [2.75, 3.05) is 25.5 Å². The highest BCUT2D eigenvalue weighted by Crippen LogP contribution is 2.24. The number of carbonyl (C=O) groups is 3. The van der Waals surface area contributed by atoms with Crippen LogP contribution >= 0.6 is 11.6 Å². The van der Waals surface area contributed by atoms with Crippen molar-refractivity contribution in [3.05, 3.63) is 40.8 Å². The van der Waals surface area contributed by atoms with Crippen molar-refractivity contribution >= 4 is 41.0 Å². The summed E-state index contributed by atoms with van der Waals surface area (Å²) < 4.78 is 11.1. The van der Waals surface area contributed by atoms with Crippen molar-refractivity contribution in [3.8, 4) is 5.75 Å². The molecule has 11 nitrogen and oxygen atoms in total. The van der Waals surface area contributed by atoms with E-state index in [2.05, 4.69) is 20.6 Å². The highest BCUT2D eigenvalue weighted by Gasteiger charge is 2.26. The van der Waals surface area contributed by atoms with Gasteiger partial charge in [-0.2, -0.15) is 0 Å². The molecule has 1 aromatic heterocycles. The molecule has 12 heteroatoms.